The zero-order chi connectivity index (χ0) is 19.8. The molecule has 5 nitrogen and oxygen atoms in total. The number of hydrogen-bond donors (Lipinski definition) is 2. The van der Waals surface area contributed by atoms with Gasteiger partial charge in [-0.15, -0.1) is 0 Å². The van der Waals surface area contributed by atoms with Gasteiger partial charge in [0.2, 0.25) is 0 Å². The second kappa shape index (κ2) is 6.72. The predicted octanol–water partition coefficient (Wildman–Crippen LogP) is 5.57. The smallest absolute Gasteiger partial charge is 0.316 e. The molecule has 3 aromatic rings. The molecular weight excluding hydrogens is 338 g/mol. The van der Waals surface area contributed by atoms with Crippen molar-refractivity contribution >= 4 is 23.3 Å². The molecule has 2 aromatic carbocycles. The fraction of sp³-hybridized carbons (Fsp3) is 0.364. The number of aromatic hydroxyl groups is 1. The molecule has 0 atom stereocenters. The lowest BCUT2D eigenvalue weighted by molar-refractivity contribution is 0.423. The maximum atomic E-state index is 10.8. The highest BCUT2D eigenvalue weighted by molar-refractivity contribution is 5.82. The summed E-state index contributed by atoms with van der Waals surface area (Å²) in [5.41, 5.74) is 6.69. The molecule has 0 bridgehead atoms. The van der Waals surface area contributed by atoms with E-state index in [1.54, 1.807) is 6.21 Å². The van der Waals surface area contributed by atoms with Crippen molar-refractivity contribution in [3.8, 4) is 5.75 Å². The molecule has 0 amide bonds. The first-order valence-electron chi connectivity index (χ1n) is 9.08. The van der Waals surface area contributed by atoms with Gasteiger partial charge in [0.15, 0.2) is 5.58 Å². The number of phenolic OH excluding ortho intramolecular Hbond substituents is 1. The van der Waals surface area contributed by atoms with Crippen LogP contribution in [-0.2, 0) is 10.8 Å². The van der Waals surface area contributed by atoms with E-state index in [9.17, 15) is 5.11 Å². The van der Waals surface area contributed by atoms with Crippen molar-refractivity contribution in [3.63, 3.8) is 0 Å². The van der Waals surface area contributed by atoms with Crippen LogP contribution < -0.4 is 5.43 Å². The topological polar surface area (TPSA) is 70.7 Å². The standard InChI is InChI=1S/C22H27N3O2/c1-21(2,3)15-11-14(12-16(19(15)26)22(4,5)6)13-23-25-20-24-17-9-7-8-10-18(17)27-20/h7-13,26H,1-6H3,(H,24,25)/b23-13+. The van der Waals surface area contributed by atoms with Crippen molar-refractivity contribution < 1.29 is 9.52 Å². The van der Waals surface area contributed by atoms with Gasteiger partial charge in [-0.05, 0) is 40.7 Å². The summed E-state index contributed by atoms with van der Waals surface area (Å²) in [5.74, 6) is 0.360. The molecule has 0 aliphatic carbocycles. The average Bonchev–Trinajstić information content (AvgIpc) is 2.96. The molecule has 0 spiro atoms. The molecule has 0 aliphatic rings. The second-order valence-electron chi connectivity index (χ2n) is 8.82. The molecule has 0 unspecified atom stereocenters. The normalized spacial score (nSPS) is 12.8. The quantitative estimate of drug-likeness (QED) is 0.470. The fourth-order valence-electron chi connectivity index (χ4n) is 2.96. The molecule has 5 heteroatoms. The summed E-state index contributed by atoms with van der Waals surface area (Å²) in [5, 5.41) is 15.1. The number of anilines is 1. The zero-order valence-corrected chi connectivity index (χ0v) is 16.8. The molecule has 0 aliphatic heterocycles. The third-order valence-electron chi connectivity index (χ3n) is 4.42. The molecule has 142 valence electrons. The monoisotopic (exact) mass is 365 g/mol. The van der Waals surface area contributed by atoms with E-state index in [2.05, 4.69) is 57.1 Å². The number of aromatic nitrogens is 1. The van der Waals surface area contributed by atoms with Crippen molar-refractivity contribution in [1.82, 2.24) is 4.98 Å². The third kappa shape index (κ3) is 4.13. The number of hydrazone groups is 1. The van der Waals surface area contributed by atoms with E-state index >= 15 is 0 Å². The van der Waals surface area contributed by atoms with Gasteiger partial charge >= 0.3 is 6.01 Å². The molecule has 0 radical (unpaired) electrons. The lowest BCUT2D eigenvalue weighted by Crippen LogP contribution is -2.17. The second-order valence-corrected chi connectivity index (χ2v) is 8.82. The SMILES string of the molecule is CC(C)(C)c1cc(/C=N/Nc2nc3ccccc3o2)cc(C(C)(C)C)c1O. The Balaban J connectivity index is 1.92. The molecule has 0 saturated heterocycles. The van der Waals surface area contributed by atoms with Crippen molar-refractivity contribution in [2.24, 2.45) is 5.10 Å². The Bertz CT molecular complexity index is 921. The van der Waals surface area contributed by atoms with Gasteiger partial charge in [-0.25, -0.2) is 5.43 Å². The number of phenols is 1. The third-order valence-corrected chi connectivity index (χ3v) is 4.42. The van der Waals surface area contributed by atoms with Crippen molar-refractivity contribution in [2.75, 3.05) is 5.43 Å². The highest BCUT2D eigenvalue weighted by Crippen LogP contribution is 2.39. The Morgan fingerprint density at radius 2 is 1.59 bits per heavy atom. The van der Waals surface area contributed by atoms with Crippen LogP contribution in [0.15, 0.2) is 45.9 Å². The summed E-state index contributed by atoms with van der Waals surface area (Å²) >= 11 is 0. The molecule has 27 heavy (non-hydrogen) atoms. The van der Waals surface area contributed by atoms with Crippen LogP contribution in [-0.4, -0.2) is 16.3 Å². The van der Waals surface area contributed by atoms with Gasteiger partial charge < -0.3 is 9.52 Å². The Labute approximate surface area is 160 Å². The van der Waals surface area contributed by atoms with E-state index in [0.717, 1.165) is 22.2 Å². The molecule has 3 rings (SSSR count). The van der Waals surface area contributed by atoms with E-state index in [-0.39, 0.29) is 10.8 Å². The molecule has 0 saturated carbocycles. The lowest BCUT2D eigenvalue weighted by atomic mass is 9.78. The number of hydrogen-bond acceptors (Lipinski definition) is 5. The van der Waals surface area contributed by atoms with E-state index in [0.29, 0.717) is 17.3 Å². The maximum absolute atomic E-state index is 10.8. The van der Waals surface area contributed by atoms with Gasteiger partial charge in [-0.3, -0.25) is 0 Å². The zero-order valence-electron chi connectivity index (χ0n) is 16.8. The van der Waals surface area contributed by atoms with Crippen LogP contribution in [0, 0.1) is 0 Å². The van der Waals surface area contributed by atoms with Crippen LogP contribution in [0.2, 0.25) is 0 Å². The number of rotatable bonds is 3. The van der Waals surface area contributed by atoms with Crippen molar-refractivity contribution in [2.45, 2.75) is 52.4 Å². The van der Waals surface area contributed by atoms with E-state index in [1.807, 2.05) is 36.4 Å². The average molecular weight is 365 g/mol. The van der Waals surface area contributed by atoms with E-state index in [1.165, 1.54) is 0 Å². The molecule has 2 N–H and O–H groups in total. The van der Waals surface area contributed by atoms with Gasteiger partial charge in [0.1, 0.15) is 11.3 Å². The maximum Gasteiger partial charge on any atom is 0.316 e. The molecule has 0 fully saturated rings. The van der Waals surface area contributed by atoms with Crippen LogP contribution in [0.4, 0.5) is 6.01 Å². The van der Waals surface area contributed by atoms with Crippen LogP contribution >= 0.6 is 0 Å². The van der Waals surface area contributed by atoms with Gasteiger partial charge in [0.05, 0.1) is 6.21 Å². The number of oxazole rings is 1. The van der Waals surface area contributed by atoms with E-state index < -0.39 is 0 Å². The summed E-state index contributed by atoms with van der Waals surface area (Å²) in [6.07, 6.45) is 1.72. The van der Waals surface area contributed by atoms with Gasteiger partial charge in [0.25, 0.3) is 0 Å². The minimum Gasteiger partial charge on any atom is -0.507 e. The summed E-state index contributed by atoms with van der Waals surface area (Å²) < 4.78 is 5.61. The molecule has 1 aromatic heterocycles. The number of nitrogens with one attached hydrogen (secondary N) is 1. The summed E-state index contributed by atoms with van der Waals surface area (Å²) in [7, 11) is 0. The Kier molecular flexibility index (Phi) is 4.72. The number of fused-ring (bicyclic) bond motifs is 1. The minimum absolute atomic E-state index is 0.179. The first-order valence-corrected chi connectivity index (χ1v) is 9.08. The van der Waals surface area contributed by atoms with Crippen molar-refractivity contribution in [1.29, 1.82) is 0 Å². The van der Waals surface area contributed by atoms with Gasteiger partial charge in [-0.1, -0.05) is 53.7 Å². The number of benzene rings is 2. The van der Waals surface area contributed by atoms with Crippen molar-refractivity contribution in [3.05, 3.63) is 53.1 Å². The lowest BCUT2D eigenvalue weighted by Gasteiger charge is -2.27. The molecular formula is C22H27N3O2. The Morgan fingerprint density at radius 1 is 1.00 bits per heavy atom. The van der Waals surface area contributed by atoms with Gasteiger partial charge in [-0.2, -0.15) is 10.1 Å². The van der Waals surface area contributed by atoms with E-state index in [4.69, 9.17) is 4.42 Å². The number of nitrogens with zero attached hydrogens (tertiary/aromatic N) is 2. The minimum atomic E-state index is -0.179. The van der Waals surface area contributed by atoms with Crippen LogP contribution in [0.1, 0.15) is 58.2 Å². The highest BCUT2D eigenvalue weighted by atomic mass is 16.4. The fourth-order valence-corrected chi connectivity index (χ4v) is 2.96. The first kappa shape index (κ1) is 19.0. The Morgan fingerprint density at radius 3 is 2.15 bits per heavy atom. The first-order chi connectivity index (χ1) is 12.6. The summed E-state index contributed by atoms with van der Waals surface area (Å²) in [4.78, 5) is 4.34. The van der Waals surface area contributed by atoms with Crippen LogP contribution in [0.5, 0.6) is 5.75 Å². The predicted molar refractivity (Wildman–Crippen MR) is 111 cm³/mol. The summed E-state index contributed by atoms with van der Waals surface area (Å²) in [6, 6.07) is 11.9. The van der Waals surface area contributed by atoms with Crippen LogP contribution in [0.3, 0.4) is 0 Å². The Hall–Kier alpha value is -2.82. The molecule has 1 heterocycles. The summed E-state index contributed by atoms with van der Waals surface area (Å²) in [6.45, 7) is 12.5. The van der Waals surface area contributed by atoms with Gasteiger partial charge in [0, 0.05) is 11.1 Å². The largest absolute Gasteiger partial charge is 0.507 e. The number of para-hydroxylation sites is 2. The highest BCUT2D eigenvalue weighted by Gasteiger charge is 2.26. The van der Waals surface area contributed by atoms with Crippen LogP contribution in [0.25, 0.3) is 11.1 Å².